The zero-order chi connectivity index (χ0) is 21.6. The van der Waals surface area contributed by atoms with Crippen LogP contribution in [0.1, 0.15) is 0 Å². The zero-order valence-electron chi connectivity index (χ0n) is 16.7. The van der Waals surface area contributed by atoms with Crippen molar-refractivity contribution >= 4 is 11.4 Å². The summed E-state index contributed by atoms with van der Waals surface area (Å²) in [6.45, 7) is -0.0436. The molecule has 3 aromatic carbocycles. The maximum atomic E-state index is 9.50. The molecule has 0 bridgehead atoms. The maximum Gasteiger partial charge on any atom is 0.181 e. The first-order valence-electron chi connectivity index (χ1n) is 9.80. The fraction of sp³-hybridized carbons (Fsp3) is 0.130. The van der Waals surface area contributed by atoms with Crippen LogP contribution in [0, 0.1) is 0 Å². The van der Waals surface area contributed by atoms with E-state index in [1.165, 1.54) is 0 Å². The number of nitrogens with two attached hydrogens (primary N) is 1. The average Bonchev–Trinajstić information content (AvgIpc) is 3.30. The summed E-state index contributed by atoms with van der Waals surface area (Å²) in [7, 11) is 0. The number of hydrogen-bond acceptors (Lipinski definition) is 7. The van der Waals surface area contributed by atoms with Gasteiger partial charge in [0.05, 0.1) is 12.7 Å². The van der Waals surface area contributed by atoms with E-state index < -0.39 is 6.10 Å². The van der Waals surface area contributed by atoms with E-state index >= 15 is 0 Å². The molecule has 0 fully saturated rings. The van der Waals surface area contributed by atoms with Gasteiger partial charge in [-0.2, -0.15) is 5.10 Å². The van der Waals surface area contributed by atoms with Gasteiger partial charge in [0.25, 0.3) is 0 Å². The van der Waals surface area contributed by atoms with E-state index in [0.717, 1.165) is 16.8 Å². The van der Waals surface area contributed by atoms with E-state index in [-0.39, 0.29) is 13.2 Å². The molecule has 0 saturated heterocycles. The molecular weight excluding hydrogens is 394 g/mol. The van der Waals surface area contributed by atoms with E-state index in [1.807, 2.05) is 60.7 Å². The second kappa shape index (κ2) is 9.29. The van der Waals surface area contributed by atoms with Gasteiger partial charge in [-0.1, -0.05) is 24.3 Å². The Kier molecular flexibility index (Phi) is 6.11. The molecule has 158 valence electrons. The first-order valence-corrected chi connectivity index (χ1v) is 9.80. The van der Waals surface area contributed by atoms with E-state index in [0.29, 0.717) is 28.8 Å². The number of H-pyrrole nitrogens is 1. The summed E-state index contributed by atoms with van der Waals surface area (Å²) in [5.41, 5.74) is 8.86. The molecule has 0 amide bonds. The quantitative estimate of drug-likeness (QED) is 0.278. The minimum atomic E-state index is -0.818. The largest absolute Gasteiger partial charge is 0.457 e. The van der Waals surface area contributed by atoms with Crippen LogP contribution in [0.4, 0.5) is 11.4 Å². The van der Waals surface area contributed by atoms with Crippen LogP contribution in [0.25, 0.3) is 22.8 Å². The Labute approximate surface area is 179 Å². The average molecular weight is 417 g/mol. The number of aromatic nitrogens is 3. The Morgan fingerprint density at radius 1 is 0.968 bits per heavy atom. The lowest BCUT2D eigenvalue weighted by Gasteiger charge is -2.10. The van der Waals surface area contributed by atoms with Gasteiger partial charge in [0.1, 0.15) is 11.5 Å². The van der Waals surface area contributed by atoms with Crippen LogP contribution in [-0.2, 0) is 0 Å². The van der Waals surface area contributed by atoms with Crippen molar-refractivity contribution in [2.24, 2.45) is 0 Å². The summed E-state index contributed by atoms with van der Waals surface area (Å²) in [4.78, 5) is 4.61. The summed E-state index contributed by atoms with van der Waals surface area (Å²) in [5.74, 6) is 2.53. The van der Waals surface area contributed by atoms with Crippen molar-refractivity contribution in [3.63, 3.8) is 0 Å². The molecule has 1 atom stereocenters. The van der Waals surface area contributed by atoms with Crippen molar-refractivity contribution in [1.82, 2.24) is 15.2 Å². The van der Waals surface area contributed by atoms with Gasteiger partial charge < -0.3 is 26.0 Å². The van der Waals surface area contributed by atoms with Gasteiger partial charge in [-0.25, -0.2) is 4.98 Å². The predicted octanol–water partition coefficient (Wildman–Crippen LogP) is 3.28. The number of rotatable bonds is 8. The topological polar surface area (TPSA) is 129 Å². The Bertz CT molecular complexity index is 1140. The highest BCUT2D eigenvalue weighted by Gasteiger charge is 2.10. The molecule has 8 nitrogen and oxygen atoms in total. The van der Waals surface area contributed by atoms with Gasteiger partial charge in [0.15, 0.2) is 11.6 Å². The summed E-state index contributed by atoms with van der Waals surface area (Å²) >= 11 is 0. The highest BCUT2D eigenvalue weighted by atomic mass is 16.5. The van der Waals surface area contributed by atoms with Gasteiger partial charge >= 0.3 is 0 Å². The monoisotopic (exact) mass is 417 g/mol. The standard InChI is InChI=1S/C23H23N5O3/c24-17-7-9-20(10-8-17)31-21-6-2-4-16(12-21)23-26-22(27-28-23)15-3-1-5-18(11-15)25-13-19(30)14-29/h1-12,19,25,29-30H,13-14,24H2,(H,26,27,28). The normalized spacial score (nSPS) is 11.8. The van der Waals surface area contributed by atoms with Crippen molar-refractivity contribution in [2.45, 2.75) is 6.10 Å². The first kappa shape index (κ1) is 20.4. The molecule has 0 radical (unpaired) electrons. The molecule has 6 N–H and O–H groups in total. The van der Waals surface area contributed by atoms with Crippen molar-refractivity contribution < 1.29 is 14.9 Å². The minimum Gasteiger partial charge on any atom is -0.457 e. The fourth-order valence-electron chi connectivity index (χ4n) is 2.97. The van der Waals surface area contributed by atoms with Gasteiger partial charge in [-0.05, 0) is 48.5 Å². The molecule has 1 aromatic heterocycles. The molecule has 8 heteroatoms. The molecule has 0 aliphatic rings. The van der Waals surface area contributed by atoms with E-state index in [4.69, 9.17) is 15.6 Å². The third kappa shape index (κ3) is 5.19. The molecule has 1 unspecified atom stereocenters. The van der Waals surface area contributed by atoms with Crippen LogP contribution in [0.15, 0.2) is 72.8 Å². The molecule has 0 spiro atoms. The molecule has 4 aromatic rings. The number of anilines is 2. The molecule has 0 aliphatic carbocycles. The molecular formula is C23H23N5O3. The Hall–Kier alpha value is -3.88. The Morgan fingerprint density at radius 2 is 1.74 bits per heavy atom. The molecule has 31 heavy (non-hydrogen) atoms. The second-order valence-corrected chi connectivity index (χ2v) is 7.00. The number of aromatic amines is 1. The number of hydrogen-bond donors (Lipinski definition) is 5. The molecule has 4 rings (SSSR count). The summed E-state index contributed by atoms with van der Waals surface area (Å²) in [5, 5.41) is 28.8. The number of nitrogens with zero attached hydrogens (tertiary/aromatic N) is 2. The van der Waals surface area contributed by atoms with Gasteiger partial charge in [0, 0.05) is 29.0 Å². The molecule has 1 heterocycles. The lowest BCUT2D eigenvalue weighted by Crippen LogP contribution is -2.22. The number of benzene rings is 3. The molecule has 0 saturated carbocycles. The van der Waals surface area contributed by atoms with Crippen molar-refractivity contribution in [3.05, 3.63) is 72.8 Å². The highest BCUT2D eigenvalue weighted by Crippen LogP contribution is 2.27. The van der Waals surface area contributed by atoms with Crippen molar-refractivity contribution in [3.8, 4) is 34.3 Å². The van der Waals surface area contributed by atoms with Gasteiger partial charge in [-0.3, -0.25) is 5.10 Å². The van der Waals surface area contributed by atoms with Crippen LogP contribution in [0.2, 0.25) is 0 Å². The van der Waals surface area contributed by atoms with Gasteiger partial charge in [0.2, 0.25) is 0 Å². The van der Waals surface area contributed by atoms with Crippen LogP contribution in [0.5, 0.6) is 11.5 Å². The summed E-state index contributed by atoms with van der Waals surface area (Å²) < 4.78 is 5.89. The van der Waals surface area contributed by atoms with Crippen molar-refractivity contribution in [1.29, 1.82) is 0 Å². The van der Waals surface area contributed by atoms with Crippen LogP contribution < -0.4 is 15.8 Å². The number of ether oxygens (including phenoxy) is 1. The zero-order valence-corrected chi connectivity index (χ0v) is 16.7. The summed E-state index contributed by atoms with van der Waals surface area (Å²) in [6, 6.07) is 22.3. The number of nitrogen functional groups attached to an aromatic ring is 1. The van der Waals surface area contributed by atoms with E-state index in [2.05, 4.69) is 20.5 Å². The number of aliphatic hydroxyl groups is 2. The third-order valence-electron chi connectivity index (χ3n) is 4.58. The third-order valence-corrected chi connectivity index (χ3v) is 4.58. The highest BCUT2D eigenvalue weighted by molar-refractivity contribution is 5.65. The van der Waals surface area contributed by atoms with Gasteiger partial charge in [-0.15, -0.1) is 0 Å². The Balaban J connectivity index is 1.50. The van der Waals surface area contributed by atoms with E-state index in [1.54, 1.807) is 12.1 Å². The van der Waals surface area contributed by atoms with Crippen molar-refractivity contribution in [2.75, 3.05) is 24.2 Å². The lowest BCUT2D eigenvalue weighted by molar-refractivity contribution is 0.105. The van der Waals surface area contributed by atoms with Crippen LogP contribution in [-0.4, -0.2) is 44.7 Å². The number of aliphatic hydroxyl groups excluding tert-OH is 2. The molecule has 0 aliphatic heterocycles. The smallest absolute Gasteiger partial charge is 0.181 e. The van der Waals surface area contributed by atoms with E-state index in [9.17, 15) is 5.11 Å². The SMILES string of the molecule is Nc1ccc(Oc2cccc(-c3nc(-c4cccc(NCC(O)CO)c4)n[nH]3)c2)cc1. The van der Waals surface area contributed by atoms with Crippen LogP contribution in [0.3, 0.4) is 0 Å². The first-order chi connectivity index (χ1) is 15.1. The predicted molar refractivity (Wildman–Crippen MR) is 120 cm³/mol. The summed E-state index contributed by atoms with van der Waals surface area (Å²) in [6.07, 6.45) is -0.818. The Morgan fingerprint density at radius 3 is 2.55 bits per heavy atom. The van der Waals surface area contributed by atoms with Crippen LogP contribution >= 0.6 is 0 Å². The number of nitrogens with one attached hydrogen (secondary N) is 2. The maximum absolute atomic E-state index is 9.50. The fourth-order valence-corrected chi connectivity index (χ4v) is 2.97. The minimum absolute atomic E-state index is 0.250. The second-order valence-electron chi connectivity index (χ2n) is 7.00. The lowest BCUT2D eigenvalue weighted by atomic mass is 10.2.